The van der Waals surface area contributed by atoms with Crippen LogP contribution in [0, 0.1) is 0 Å². The molecule has 182 valence electrons. The van der Waals surface area contributed by atoms with Crippen molar-refractivity contribution in [2.75, 3.05) is 44.8 Å². The molecule has 0 bridgehead atoms. The Balaban J connectivity index is 1.28. The normalized spacial score (nSPS) is 22.6. The summed E-state index contributed by atoms with van der Waals surface area (Å²) in [7, 11) is 0. The van der Waals surface area contributed by atoms with Crippen LogP contribution in [0.1, 0.15) is 40.0 Å². The van der Waals surface area contributed by atoms with Crippen LogP contribution in [0.3, 0.4) is 0 Å². The Morgan fingerprint density at radius 2 is 2.06 bits per heavy atom. The number of fused-ring (bicyclic) bond motifs is 1. The van der Waals surface area contributed by atoms with Gasteiger partial charge in [-0.2, -0.15) is 0 Å². The van der Waals surface area contributed by atoms with Gasteiger partial charge in [0, 0.05) is 31.8 Å². The number of imide groups is 2. The molecule has 2 atom stereocenters. The molecule has 0 aliphatic carbocycles. The summed E-state index contributed by atoms with van der Waals surface area (Å²) in [4.78, 5) is 62.8. The highest BCUT2D eigenvalue weighted by atomic mass is 16.5. The van der Waals surface area contributed by atoms with Crippen LogP contribution in [-0.2, 0) is 19.1 Å². The van der Waals surface area contributed by atoms with Gasteiger partial charge < -0.3 is 24.8 Å². The summed E-state index contributed by atoms with van der Waals surface area (Å²) in [6.07, 6.45) is -0.521. The highest BCUT2D eigenvalue weighted by Gasteiger charge is 2.45. The third kappa shape index (κ3) is 4.87. The van der Waals surface area contributed by atoms with Gasteiger partial charge in [0.1, 0.15) is 6.04 Å². The Kier molecular flexibility index (Phi) is 7.08. The maximum atomic E-state index is 13.1. The van der Waals surface area contributed by atoms with E-state index in [1.807, 2.05) is 0 Å². The molecule has 0 radical (unpaired) electrons. The van der Waals surface area contributed by atoms with E-state index in [4.69, 9.17) is 14.6 Å². The molecule has 3 aliphatic rings. The number of benzene rings is 1. The van der Waals surface area contributed by atoms with E-state index in [-0.39, 0.29) is 43.2 Å². The molecule has 4 rings (SSSR count). The Labute approximate surface area is 195 Å². The van der Waals surface area contributed by atoms with Crippen LogP contribution in [0.5, 0.6) is 0 Å². The highest BCUT2D eigenvalue weighted by molar-refractivity contribution is 6.25. The zero-order chi connectivity index (χ0) is 24.2. The topological polar surface area (TPSA) is 155 Å². The van der Waals surface area contributed by atoms with Crippen LogP contribution in [0.15, 0.2) is 18.2 Å². The number of piperidine rings is 1. The lowest BCUT2D eigenvalue weighted by Gasteiger charge is -2.30. The van der Waals surface area contributed by atoms with E-state index in [0.29, 0.717) is 38.4 Å². The number of carboxylic acid groups (broad SMARTS) is 1. The minimum atomic E-state index is -1.01. The molecule has 2 fully saturated rings. The monoisotopic (exact) mass is 474 g/mol. The fourth-order valence-corrected chi connectivity index (χ4v) is 4.27. The van der Waals surface area contributed by atoms with Crippen molar-refractivity contribution in [2.45, 2.75) is 31.4 Å². The fourth-order valence-electron chi connectivity index (χ4n) is 4.27. The smallest absolute Gasteiger partial charge is 0.407 e. The number of morpholine rings is 1. The molecule has 12 heteroatoms. The molecular weight excluding hydrogens is 448 g/mol. The van der Waals surface area contributed by atoms with Gasteiger partial charge in [-0.25, -0.2) is 4.79 Å². The first kappa shape index (κ1) is 23.6. The summed E-state index contributed by atoms with van der Waals surface area (Å²) < 4.78 is 11.1. The first-order valence-electron chi connectivity index (χ1n) is 11.1. The molecule has 34 heavy (non-hydrogen) atoms. The molecule has 0 saturated carbocycles. The average molecular weight is 474 g/mol. The number of hydrogen-bond donors (Lipinski definition) is 3. The quantitative estimate of drug-likeness (QED) is 0.356. The number of carbonyl (C=O) groups is 5. The van der Waals surface area contributed by atoms with Gasteiger partial charge in [0.25, 0.3) is 11.8 Å². The maximum Gasteiger partial charge on any atom is 0.407 e. The van der Waals surface area contributed by atoms with E-state index in [0.717, 1.165) is 4.90 Å². The van der Waals surface area contributed by atoms with Crippen LogP contribution in [-0.4, -0.2) is 96.2 Å². The molecule has 3 heterocycles. The van der Waals surface area contributed by atoms with E-state index < -0.39 is 35.8 Å². The lowest BCUT2D eigenvalue weighted by atomic mass is 10.0. The van der Waals surface area contributed by atoms with Gasteiger partial charge in [-0.15, -0.1) is 0 Å². The van der Waals surface area contributed by atoms with E-state index >= 15 is 0 Å². The van der Waals surface area contributed by atoms with Gasteiger partial charge in [0.05, 0.1) is 37.0 Å². The van der Waals surface area contributed by atoms with Crippen LogP contribution < -0.4 is 10.6 Å². The first-order valence-corrected chi connectivity index (χ1v) is 11.1. The standard InChI is InChI=1S/C22H26N4O8/c27-17-6-5-16(19(28)24-17)26-20(29)14-3-1-4-15(18(14)21(26)30)23-7-2-9-33-12-13-11-25(22(31)32)8-10-34-13/h1,3-4,13,16,23H,2,5-12H2,(H,31,32)(H,24,27,28)/t13-,16?/m0/s1. The molecule has 1 aromatic carbocycles. The summed E-state index contributed by atoms with van der Waals surface area (Å²) in [5.74, 6) is -2.18. The van der Waals surface area contributed by atoms with Crippen LogP contribution in [0.25, 0.3) is 0 Å². The number of carbonyl (C=O) groups excluding carboxylic acids is 4. The van der Waals surface area contributed by atoms with Crippen molar-refractivity contribution >= 4 is 35.4 Å². The molecule has 1 unspecified atom stereocenters. The summed E-state index contributed by atoms with van der Waals surface area (Å²) in [6, 6.07) is 3.88. The molecule has 3 aliphatic heterocycles. The highest BCUT2D eigenvalue weighted by Crippen LogP contribution is 2.32. The van der Waals surface area contributed by atoms with E-state index in [1.165, 1.54) is 4.90 Å². The number of nitrogens with zero attached hydrogens (tertiary/aromatic N) is 2. The average Bonchev–Trinajstić information content (AvgIpc) is 3.07. The van der Waals surface area contributed by atoms with Gasteiger partial charge >= 0.3 is 6.09 Å². The first-order chi connectivity index (χ1) is 16.4. The Hall–Kier alpha value is -3.51. The molecule has 2 saturated heterocycles. The van der Waals surface area contributed by atoms with E-state index in [9.17, 15) is 24.0 Å². The molecule has 5 amide bonds. The number of amides is 5. The SMILES string of the molecule is O=C1CCC(N2C(=O)c3cccc(NCCCOC[C@@H]4CN(C(=O)O)CCO4)c3C2=O)C(=O)N1. The maximum absolute atomic E-state index is 13.1. The van der Waals surface area contributed by atoms with Gasteiger partial charge in [-0.1, -0.05) is 6.07 Å². The lowest BCUT2D eigenvalue weighted by Crippen LogP contribution is -2.54. The Morgan fingerprint density at radius 1 is 1.24 bits per heavy atom. The summed E-state index contributed by atoms with van der Waals surface area (Å²) >= 11 is 0. The predicted octanol–water partition coefficient (Wildman–Crippen LogP) is 0.285. The molecule has 0 spiro atoms. The van der Waals surface area contributed by atoms with Crippen molar-refractivity contribution in [1.29, 1.82) is 0 Å². The second kappa shape index (κ2) is 10.2. The van der Waals surface area contributed by atoms with Crippen molar-refractivity contribution in [2.24, 2.45) is 0 Å². The third-order valence-electron chi connectivity index (χ3n) is 5.96. The van der Waals surface area contributed by atoms with Gasteiger partial charge in [-0.05, 0) is 25.0 Å². The third-order valence-corrected chi connectivity index (χ3v) is 5.96. The van der Waals surface area contributed by atoms with Gasteiger partial charge in [-0.3, -0.25) is 29.4 Å². The predicted molar refractivity (Wildman–Crippen MR) is 116 cm³/mol. The van der Waals surface area contributed by atoms with Crippen LogP contribution in [0.4, 0.5) is 10.5 Å². The lowest BCUT2D eigenvalue weighted by molar-refractivity contribution is -0.136. The Bertz CT molecular complexity index is 1010. The number of anilines is 1. The van der Waals surface area contributed by atoms with Crippen molar-refractivity contribution in [3.8, 4) is 0 Å². The zero-order valence-corrected chi connectivity index (χ0v) is 18.5. The summed E-state index contributed by atoms with van der Waals surface area (Å²) in [6.45, 7) is 2.08. The second-order valence-electron chi connectivity index (χ2n) is 8.25. The fraction of sp³-hybridized carbons (Fsp3) is 0.500. The number of hydrogen-bond acceptors (Lipinski definition) is 8. The van der Waals surface area contributed by atoms with Crippen LogP contribution in [0.2, 0.25) is 0 Å². The molecule has 0 aromatic heterocycles. The minimum absolute atomic E-state index is 0.0646. The molecule has 3 N–H and O–H groups in total. The van der Waals surface area contributed by atoms with E-state index in [2.05, 4.69) is 10.6 Å². The summed E-state index contributed by atoms with van der Waals surface area (Å²) in [5, 5.41) is 14.4. The van der Waals surface area contributed by atoms with Crippen molar-refractivity contribution in [3.05, 3.63) is 29.3 Å². The summed E-state index contributed by atoms with van der Waals surface area (Å²) in [5.41, 5.74) is 0.911. The molecule has 1 aromatic rings. The van der Waals surface area contributed by atoms with Gasteiger partial charge in [0.15, 0.2) is 0 Å². The van der Waals surface area contributed by atoms with E-state index in [1.54, 1.807) is 18.2 Å². The second-order valence-corrected chi connectivity index (χ2v) is 8.25. The zero-order valence-electron chi connectivity index (χ0n) is 18.5. The van der Waals surface area contributed by atoms with Crippen LogP contribution >= 0.6 is 0 Å². The number of nitrogens with one attached hydrogen (secondary N) is 2. The molecule has 12 nitrogen and oxygen atoms in total. The van der Waals surface area contributed by atoms with Gasteiger partial charge in [0.2, 0.25) is 11.8 Å². The molecular formula is C22H26N4O8. The van der Waals surface area contributed by atoms with Crippen molar-refractivity contribution in [1.82, 2.24) is 15.1 Å². The number of rotatable bonds is 8. The van der Waals surface area contributed by atoms with Crippen molar-refractivity contribution in [3.63, 3.8) is 0 Å². The van der Waals surface area contributed by atoms with Crippen molar-refractivity contribution < 1.29 is 38.6 Å². The largest absolute Gasteiger partial charge is 0.465 e. The Morgan fingerprint density at radius 3 is 2.82 bits per heavy atom. The number of ether oxygens (including phenoxy) is 2. The minimum Gasteiger partial charge on any atom is -0.465 e.